The second-order valence-corrected chi connectivity index (χ2v) is 6.20. The van der Waals surface area contributed by atoms with Crippen LogP contribution in [-0.4, -0.2) is 47.3 Å². The standard InChI is InChI=1S/C18H23N3O3/c1-3-24-18(23)15-9-19-17-14(7-6-12(2)20-17)16(15)21-8-4-5-13(10-21)11-22/h6-7,9,13,22H,3-5,8,10-11H2,1-2H3. The van der Waals surface area contributed by atoms with Gasteiger partial charge in [0.1, 0.15) is 5.56 Å². The molecule has 6 nitrogen and oxygen atoms in total. The van der Waals surface area contributed by atoms with Gasteiger partial charge in [-0.1, -0.05) is 0 Å². The summed E-state index contributed by atoms with van der Waals surface area (Å²) in [7, 11) is 0. The molecule has 1 saturated heterocycles. The predicted molar refractivity (Wildman–Crippen MR) is 92.3 cm³/mol. The monoisotopic (exact) mass is 329 g/mol. The molecule has 1 unspecified atom stereocenters. The summed E-state index contributed by atoms with van der Waals surface area (Å²) < 4.78 is 5.21. The molecule has 0 amide bonds. The van der Waals surface area contributed by atoms with Gasteiger partial charge in [0, 0.05) is 37.0 Å². The van der Waals surface area contributed by atoms with E-state index in [9.17, 15) is 9.90 Å². The van der Waals surface area contributed by atoms with Crippen molar-refractivity contribution in [2.75, 3.05) is 31.2 Å². The summed E-state index contributed by atoms with van der Waals surface area (Å²) in [5, 5.41) is 10.4. The largest absolute Gasteiger partial charge is 0.462 e. The number of aliphatic hydroxyl groups excluding tert-OH is 1. The molecule has 3 heterocycles. The number of aliphatic hydroxyl groups is 1. The van der Waals surface area contributed by atoms with Gasteiger partial charge in [-0.2, -0.15) is 0 Å². The van der Waals surface area contributed by atoms with Gasteiger partial charge < -0.3 is 14.7 Å². The second-order valence-electron chi connectivity index (χ2n) is 6.20. The van der Waals surface area contributed by atoms with E-state index >= 15 is 0 Å². The van der Waals surface area contributed by atoms with Gasteiger partial charge in [0.05, 0.1) is 12.3 Å². The molecule has 128 valence electrons. The summed E-state index contributed by atoms with van der Waals surface area (Å²) in [6.07, 6.45) is 3.55. The number of carbonyl (C=O) groups excluding carboxylic acids is 1. The molecule has 0 bridgehead atoms. The molecule has 6 heteroatoms. The number of fused-ring (bicyclic) bond motifs is 1. The van der Waals surface area contributed by atoms with Crippen LogP contribution in [-0.2, 0) is 4.74 Å². The number of rotatable bonds is 4. The Kier molecular flexibility index (Phi) is 4.94. The van der Waals surface area contributed by atoms with E-state index in [4.69, 9.17) is 4.74 Å². The van der Waals surface area contributed by atoms with Crippen molar-refractivity contribution < 1.29 is 14.6 Å². The van der Waals surface area contributed by atoms with Gasteiger partial charge in [-0.25, -0.2) is 14.8 Å². The van der Waals surface area contributed by atoms with Crippen LogP contribution in [0.4, 0.5) is 5.69 Å². The maximum absolute atomic E-state index is 12.4. The van der Waals surface area contributed by atoms with E-state index in [1.54, 1.807) is 13.1 Å². The average molecular weight is 329 g/mol. The minimum absolute atomic E-state index is 0.158. The highest BCUT2D eigenvalue weighted by atomic mass is 16.5. The molecule has 1 fully saturated rings. The minimum atomic E-state index is -0.367. The number of hydrogen-bond donors (Lipinski definition) is 1. The van der Waals surface area contributed by atoms with Crippen molar-refractivity contribution in [1.29, 1.82) is 0 Å². The smallest absolute Gasteiger partial charge is 0.341 e. The van der Waals surface area contributed by atoms with Crippen LogP contribution in [0.1, 0.15) is 35.8 Å². The van der Waals surface area contributed by atoms with Gasteiger partial charge >= 0.3 is 5.97 Å². The molecule has 1 N–H and O–H groups in total. The Morgan fingerprint density at radius 3 is 3.04 bits per heavy atom. The molecule has 0 aliphatic carbocycles. The zero-order chi connectivity index (χ0) is 17.1. The highest BCUT2D eigenvalue weighted by Crippen LogP contribution is 2.32. The number of pyridine rings is 2. The zero-order valence-electron chi connectivity index (χ0n) is 14.2. The highest BCUT2D eigenvalue weighted by Gasteiger charge is 2.26. The molecule has 1 atom stereocenters. The van der Waals surface area contributed by atoms with Crippen molar-refractivity contribution in [2.24, 2.45) is 5.92 Å². The van der Waals surface area contributed by atoms with Crippen LogP contribution in [0, 0.1) is 12.8 Å². The van der Waals surface area contributed by atoms with Gasteiger partial charge in [0.15, 0.2) is 5.65 Å². The van der Waals surface area contributed by atoms with Gasteiger partial charge in [-0.3, -0.25) is 0 Å². The van der Waals surface area contributed by atoms with Gasteiger partial charge in [-0.05, 0) is 44.7 Å². The molecule has 1 aliphatic rings. The molecule has 0 radical (unpaired) electrons. The first-order valence-electron chi connectivity index (χ1n) is 8.43. The Hall–Kier alpha value is -2.21. The van der Waals surface area contributed by atoms with Crippen molar-refractivity contribution >= 4 is 22.7 Å². The molecular formula is C18H23N3O3. The van der Waals surface area contributed by atoms with Crippen LogP contribution in [0.2, 0.25) is 0 Å². The maximum Gasteiger partial charge on any atom is 0.341 e. The lowest BCUT2D eigenvalue weighted by Crippen LogP contribution is -2.38. The van der Waals surface area contributed by atoms with Crippen molar-refractivity contribution in [3.05, 3.63) is 29.6 Å². The van der Waals surface area contributed by atoms with E-state index in [-0.39, 0.29) is 18.5 Å². The van der Waals surface area contributed by atoms with Gasteiger partial charge in [-0.15, -0.1) is 0 Å². The maximum atomic E-state index is 12.4. The third-order valence-electron chi connectivity index (χ3n) is 4.43. The molecule has 2 aromatic rings. The van der Waals surface area contributed by atoms with E-state index in [1.165, 1.54) is 0 Å². The third-order valence-corrected chi connectivity index (χ3v) is 4.43. The van der Waals surface area contributed by atoms with Crippen LogP contribution >= 0.6 is 0 Å². The Balaban J connectivity index is 2.13. The summed E-state index contributed by atoms with van der Waals surface area (Å²) in [5.74, 6) is -0.149. The van der Waals surface area contributed by atoms with Crippen molar-refractivity contribution in [2.45, 2.75) is 26.7 Å². The van der Waals surface area contributed by atoms with Crippen LogP contribution in [0.25, 0.3) is 11.0 Å². The van der Waals surface area contributed by atoms with E-state index < -0.39 is 0 Å². The minimum Gasteiger partial charge on any atom is -0.462 e. The first-order valence-corrected chi connectivity index (χ1v) is 8.43. The van der Waals surface area contributed by atoms with E-state index in [0.717, 1.165) is 42.7 Å². The Labute approximate surface area is 141 Å². The fourth-order valence-electron chi connectivity index (χ4n) is 3.27. The van der Waals surface area contributed by atoms with Gasteiger partial charge in [0.2, 0.25) is 0 Å². The Morgan fingerprint density at radius 1 is 1.46 bits per heavy atom. The highest BCUT2D eigenvalue weighted by molar-refractivity contribution is 6.04. The molecule has 0 spiro atoms. The number of aromatic nitrogens is 2. The summed E-state index contributed by atoms with van der Waals surface area (Å²) in [4.78, 5) is 23.4. The Bertz CT molecular complexity index is 748. The number of hydrogen-bond acceptors (Lipinski definition) is 6. The van der Waals surface area contributed by atoms with Crippen LogP contribution in [0.15, 0.2) is 18.3 Å². The molecular weight excluding hydrogens is 306 g/mol. The normalized spacial score (nSPS) is 18.0. The molecule has 2 aromatic heterocycles. The number of esters is 1. The quantitative estimate of drug-likeness (QED) is 0.868. The molecule has 0 aromatic carbocycles. The fraction of sp³-hybridized carbons (Fsp3) is 0.500. The molecule has 0 saturated carbocycles. The topological polar surface area (TPSA) is 75.5 Å². The fourth-order valence-corrected chi connectivity index (χ4v) is 3.27. The summed E-state index contributed by atoms with van der Waals surface area (Å²) >= 11 is 0. The van der Waals surface area contributed by atoms with E-state index in [1.807, 2.05) is 19.1 Å². The number of carbonyl (C=O) groups is 1. The van der Waals surface area contributed by atoms with E-state index in [2.05, 4.69) is 14.9 Å². The molecule has 1 aliphatic heterocycles. The lowest BCUT2D eigenvalue weighted by Gasteiger charge is -2.35. The lowest BCUT2D eigenvalue weighted by atomic mass is 9.97. The van der Waals surface area contributed by atoms with Crippen molar-refractivity contribution in [3.63, 3.8) is 0 Å². The Morgan fingerprint density at radius 2 is 2.29 bits per heavy atom. The SMILES string of the molecule is CCOC(=O)c1cnc2nc(C)ccc2c1N1CCCC(CO)C1. The number of aryl methyl sites for hydroxylation is 1. The second kappa shape index (κ2) is 7.13. The molecule has 3 rings (SSSR count). The van der Waals surface area contributed by atoms with Crippen LogP contribution < -0.4 is 4.90 Å². The van der Waals surface area contributed by atoms with Crippen LogP contribution in [0.3, 0.4) is 0 Å². The van der Waals surface area contributed by atoms with Gasteiger partial charge in [0.25, 0.3) is 0 Å². The van der Waals surface area contributed by atoms with E-state index in [0.29, 0.717) is 17.8 Å². The third kappa shape index (κ3) is 3.19. The number of piperidine rings is 1. The summed E-state index contributed by atoms with van der Waals surface area (Å²) in [6.45, 7) is 5.75. The van der Waals surface area contributed by atoms with Crippen molar-refractivity contribution in [1.82, 2.24) is 9.97 Å². The number of ether oxygens (including phenoxy) is 1. The predicted octanol–water partition coefficient (Wildman–Crippen LogP) is 2.32. The number of nitrogens with zero attached hydrogens (tertiary/aromatic N) is 3. The summed E-state index contributed by atoms with van der Waals surface area (Å²) in [6, 6.07) is 3.89. The van der Waals surface area contributed by atoms with Crippen LogP contribution in [0.5, 0.6) is 0 Å². The lowest BCUT2D eigenvalue weighted by molar-refractivity contribution is 0.0526. The first kappa shape index (κ1) is 16.6. The average Bonchev–Trinajstić information content (AvgIpc) is 2.60. The van der Waals surface area contributed by atoms with Crippen molar-refractivity contribution in [3.8, 4) is 0 Å². The molecule has 24 heavy (non-hydrogen) atoms. The summed E-state index contributed by atoms with van der Waals surface area (Å²) in [5.41, 5.74) is 2.80. The number of anilines is 1. The zero-order valence-corrected chi connectivity index (χ0v) is 14.2. The first-order chi connectivity index (χ1) is 11.6.